The number of carbonyl (C=O) groups is 1. The van der Waals surface area contributed by atoms with Gasteiger partial charge in [-0.05, 0) is 38.3 Å². The minimum atomic E-state index is -0.550. The number of aryl methyl sites for hydroxylation is 1. The standard InChI is InChI=1S/C20H24ClFN2O3/c1-13-17(19(24-27-13)18-15(21)9-5-10-16(18)22)20(25)23-11-6-12-26-14-7-3-2-4-8-14/h5,9-10,14H,2-4,6-8,11-12H2,1H3,(H,23,25). The van der Waals surface area contributed by atoms with Crippen molar-refractivity contribution in [3.05, 3.63) is 40.4 Å². The van der Waals surface area contributed by atoms with Crippen molar-refractivity contribution in [2.45, 2.75) is 51.6 Å². The average Bonchev–Trinajstić information content (AvgIpc) is 3.03. The van der Waals surface area contributed by atoms with Crippen LogP contribution in [0.1, 0.15) is 54.6 Å². The second-order valence-electron chi connectivity index (χ2n) is 6.80. The van der Waals surface area contributed by atoms with E-state index in [1.165, 1.54) is 31.4 Å². The van der Waals surface area contributed by atoms with Gasteiger partial charge >= 0.3 is 0 Å². The zero-order chi connectivity index (χ0) is 19.2. The molecule has 1 aliphatic carbocycles. The van der Waals surface area contributed by atoms with Gasteiger partial charge in [0.05, 0.1) is 16.7 Å². The topological polar surface area (TPSA) is 64.4 Å². The zero-order valence-electron chi connectivity index (χ0n) is 15.4. The molecular weight excluding hydrogens is 371 g/mol. The number of ether oxygens (including phenoxy) is 1. The van der Waals surface area contributed by atoms with Crippen molar-refractivity contribution in [2.75, 3.05) is 13.2 Å². The summed E-state index contributed by atoms with van der Waals surface area (Å²) in [5, 5.41) is 6.86. The van der Waals surface area contributed by atoms with Crippen LogP contribution >= 0.6 is 11.6 Å². The summed E-state index contributed by atoms with van der Waals surface area (Å²) in [5.74, 6) is -0.591. The average molecular weight is 395 g/mol. The third-order valence-electron chi connectivity index (χ3n) is 4.80. The van der Waals surface area contributed by atoms with Gasteiger partial charge in [-0.3, -0.25) is 4.79 Å². The maximum atomic E-state index is 14.2. The van der Waals surface area contributed by atoms with Crippen molar-refractivity contribution in [1.29, 1.82) is 0 Å². The van der Waals surface area contributed by atoms with Crippen molar-refractivity contribution in [3.63, 3.8) is 0 Å². The van der Waals surface area contributed by atoms with E-state index in [1.807, 2.05) is 0 Å². The largest absolute Gasteiger partial charge is 0.378 e. The monoisotopic (exact) mass is 394 g/mol. The SMILES string of the molecule is Cc1onc(-c2c(F)cccc2Cl)c1C(=O)NCCCOC1CCCCC1. The Kier molecular flexibility index (Phi) is 6.85. The lowest BCUT2D eigenvalue weighted by atomic mass is 9.98. The second-order valence-corrected chi connectivity index (χ2v) is 7.21. The van der Waals surface area contributed by atoms with E-state index in [0.29, 0.717) is 31.4 Å². The van der Waals surface area contributed by atoms with Crippen LogP contribution in [0.2, 0.25) is 5.02 Å². The normalized spacial score (nSPS) is 15.1. The molecule has 1 saturated carbocycles. The summed E-state index contributed by atoms with van der Waals surface area (Å²) >= 11 is 6.10. The van der Waals surface area contributed by atoms with Gasteiger partial charge in [0.15, 0.2) is 0 Å². The number of amides is 1. The number of hydrogen-bond acceptors (Lipinski definition) is 4. The van der Waals surface area contributed by atoms with Gasteiger partial charge in [0.1, 0.15) is 22.8 Å². The van der Waals surface area contributed by atoms with Gasteiger partial charge in [-0.15, -0.1) is 0 Å². The molecule has 0 radical (unpaired) electrons. The smallest absolute Gasteiger partial charge is 0.257 e. The van der Waals surface area contributed by atoms with Gasteiger partial charge < -0.3 is 14.6 Å². The molecule has 7 heteroatoms. The lowest BCUT2D eigenvalue weighted by Gasteiger charge is -2.21. The number of nitrogens with zero attached hydrogens (tertiary/aromatic N) is 1. The van der Waals surface area contributed by atoms with E-state index in [2.05, 4.69) is 10.5 Å². The van der Waals surface area contributed by atoms with E-state index in [4.69, 9.17) is 20.9 Å². The van der Waals surface area contributed by atoms with Crippen LogP contribution in [0.3, 0.4) is 0 Å². The van der Waals surface area contributed by atoms with Gasteiger partial charge in [-0.25, -0.2) is 4.39 Å². The minimum absolute atomic E-state index is 0.0711. The van der Waals surface area contributed by atoms with Crippen molar-refractivity contribution in [3.8, 4) is 11.3 Å². The molecule has 0 spiro atoms. The Balaban J connectivity index is 1.58. The third kappa shape index (κ3) is 4.87. The fourth-order valence-electron chi connectivity index (χ4n) is 3.38. The summed E-state index contributed by atoms with van der Waals surface area (Å²) in [7, 11) is 0. The molecule has 0 aliphatic heterocycles. The summed E-state index contributed by atoms with van der Waals surface area (Å²) in [6, 6.07) is 4.32. The highest BCUT2D eigenvalue weighted by atomic mass is 35.5. The maximum absolute atomic E-state index is 14.2. The van der Waals surface area contributed by atoms with Crippen LogP contribution in [0.15, 0.2) is 22.7 Å². The summed E-state index contributed by atoms with van der Waals surface area (Å²) in [6.45, 7) is 2.69. The maximum Gasteiger partial charge on any atom is 0.257 e. The Labute approximate surface area is 163 Å². The van der Waals surface area contributed by atoms with E-state index < -0.39 is 5.82 Å². The van der Waals surface area contributed by atoms with Crippen molar-refractivity contribution in [2.24, 2.45) is 0 Å². The number of aromatic nitrogens is 1. The van der Waals surface area contributed by atoms with E-state index in [9.17, 15) is 9.18 Å². The highest BCUT2D eigenvalue weighted by Crippen LogP contribution is 2.33. The Morgan fingerprint density at radius 1 is 1.37 bits per heavy atom. The Hall–Kier alpha value is -1.92. The first-order chi connectivity index (χ1) is 13.1. The number of carbonyl (C=O) groups excluding carboxylic acids is 1. The lowest BCUT2D eigenvalue weighted by Crippen LogP contribution is -2.27. The van der Waals surface area contributed by atoms with Gasteiger partial charge in [-0.1, -0.05) is 42.1 Å². The van der Waals surface area contributed by atoms with Gasteiger partial charge in [0.2, 0.25) is 0 Å². The first-order valence-corrected chi connectivity index (χ1v) is 9.76. The van der Waals surface area contributed by atoms with Crippen LogP contribution in [-0.2, 0) is 4.74 Å². The van der Waals surface area contributed by atoms with Crippen LogP contribution in [0, 0.1) is 12.7 Å². The number of halogens is 2. The van der Waals surface area contributed by atoms with E-state index in [1.54, 1.807) is 13.0 Å². The molecule has 2 aromatic rings. The minimum Gasteiger partial charge on any atom is -0.378 e. The van der Waals surface area contributed by atoms with Crippen LogP contribution in [0.5, 0.6) is 0 Å². The number of rotatable bonds is 7. The van der Waals surface area contributed by atoms with Crippen molar-refractivity contribution >= 4 is 17.5 Å². The predicted molar refractivity (Wildman–Crippen MR) is 101 cm³/mol. The fraction of sp³-hybridized carbons (Fsp3) is 0.500. The molecule has 0 bridgehead atoms. The number of benzene rings is 1. The molecule has 146 valence electrons. The summed E-state index contributed by atoms with van der Waals surface area (Å²) < 4.78 is 25.2. The lowest BCUT2D eigenvalue weighted by molar-refractivity contribution is 0.0273. The van der Waals surface area contributed by atoms with E-state index >= 15 is 0 Å². The first-order valence-electron chi connectivity index (χ1n) is 9.38. The molecule has 0 atom stereocenters. The molecule has 1 aliphatic rings. The molecule has 27 heavy (non-hydrogen) atoms. The molecule has 0 saturated heterocycles. The molecular formula is C20H24ClFN2O3. The van der Waals surface area contributed by atoms with Crippen LogP contribution in [0.25, 0.3) is 11.3 Å². The molecule has 3 rings (SSSR count). The summed E-state index contributed by atoms with van der Waals surface area (Å²) in [4.78, 5) is 12.6. The van der Waals surface area contributed by atoms with Crippen LogP contribution in [-0.4, -0.2) is 30.3 Å². The Morgan fingerprint density at radius 2 is 2.15 bits per heavy atom. The molecule has 1 aromatic heterocycles. The highest BCUT2D eigenvalue weighted by molar-refractivity contribution is 6.33. The molecule has 5 nitrogen and oxygen atoms in total. The molecule has 1 amide bonds. The van der Waals surface area contributed by atoms with Crippen molar-refractivity contribution in [1.82, 2.24) is 10.5 Å². The Bertz CT molecular complexity index is 767. The number of nitrogens with one attached hydrogen (secondary N) is 1. The first kappa shape index (κ1) is 19.8. The molecule has 1 aromatic carbocycles. The molecule has 0 unspecified atom stereocenters. The third-order valence-corrected chi connectivity index (χ3v) is 5.12. The second kappa shape index (κ2) is 9.33. The Morgan fingerprint density at radius 3 is 2.89 bits per heavy atom. The summed E-state index contributed by atoms with van der Waals surface area (Å²) in [6.07, 6.45) is 7.07. The molecule has 1 heterocycles. The fourth-order valence-corrected chi connectivity index (χ4v) is 3.63. The van der Waals surface area contributed by atoms with Crippen LogP contribution in [0.4, 0.5) is 4.39 Å². The highest BCUT2D eigenvalue weighted by Gasteiger charge is 2.25. The predicted octanol–water partition coefficient (Wildman–Crippen LogP) is 4.91. The van der Waals surface area contributed by atoms with Gasteiger partial charge in [0, 0.05) is 13.2 Å². The van der Waals surface area contributed by atoms with E-state index in [-0.39, 0.29) is 27.8 Å². The zero-order valence-corrected chi connectivity index (χ0v) is 16.2. The van der Waals surface area contributed by atoms with Gasteiger partial charge in [-0.2, -0.15) is 0 Å². The summed E-state index contributed by atoms with van der Waals surface area (Å²) in [5.41, 5.74) is 0.392. The molecule has 1 fully saturated rings. The quantitative estimate of drug-likeness (QED) is 0.677. The number of hydrogen-bond donors (Lipinski definition) is 1. The van der Waals surface area contributed by atoms with Crippen molar-refractivity contribution < 1.29 is 18.4 Å². The van der Waals surface area contributed by atoms with Gasteiger partial charge in [0.25, 0.3) is 5.91 Å². The van der Waals surface area contributed by atoms with Crippen LogP contribution < -0.4 is 5.32 Å². The molecule has 1 N–H and O–H groups in total. The van der Waals surface area contributed by atoms with E-state index in [0.717, 1.165) is 12.8 Å².